The van der Waals surface area contributed by atoms with Crippen molar-refractivity contribution in [1.29, 1.82) is 0 Å². The Morgan fingerprint density at radius 1 is 1.21 bits per heavy atom. The molecule has 0 saturated heterocycles. The molecule has 1 atom stereocenters. The first-order valence-corrected chi connectivity index (χ1v) is 9.17. The van der Waals surface area contributed by atoms with Crippen molar-refractivity contribution in [1.82, 2.24) is 4.90 Å². The number of hydrogen-bond acceptors (Lipinski definition) is 4. The van der Waals surface area contributed by atoms with Gasteiger partial charge in [-0.25, -0.2) is 0 Å². The van der Waals surface area contributed by atoms with Crippen LogP contribution in [0.25, 0.3) is 0 Å². The number of aromatic hydroxyl groups is 2. The van der Waals surface area contributed by atoms with Gasteiger partial charge in [0.1, 0.15) is 0 Å². The molecule has 130 valence electrons. The third-order valence-corrected chi connectivity index (χ3v) is 5.64. The van der Waals surface area contributed by atoms with Crippen LogP contribution in [0.2, 0.25) is 5.02 Å². The fourth-order valence-corrected chi connectivity index (χ4v) is 3.88. The van der Waals surface area contributed by atoms with Crippen LogP contribution in [0.4, 0.5) is 0 Å². The van der Waals surface area contributed by atoms with Gasteiger partial charge < -0.3 is 15.1 Å². The van der Waals surface area contributed by atoms with Gasteiger partial charge in [0.2, 0.25) is 0 Å². The van der Waals surface area contributed by atoms with E-state index in [4.69, 9.17) is 11.6 Å². The van der Waals surface area contributed by atoms with Crippen LogP contribution >= 0.6 is 40.3 Å². The second-order valence-corrected chi connectivity index (χ2v) is 7.22. The molecule has 24 heavy (non-hydrogen) atoms. The summed E-state index contributed by atoms with van der Waals surface area (Å²) >= 11 is 8.02. The van der Waals surface area contributed by atoms with Gasteiger partial charge in [-0.05, 0) is 54.6 Å². The number of thioether (sulfide) groups is 1. The van der Waals surface area contributed by atoms with E-state index in [0.29, 0.717) is 0 Å². The summed E-state index contributed by atoms with van der Waals surface area (Å²) in [5.74, 6) is -0.243. The minimum absolute atomic E-state index is 0. The van der Waals surface area contributed by atoms with Gasteiger partial charge in [-0.1, -0.05) is 23.7 Å². The number of nitrogens with zero attached hydrogens (tertiary/aromatic N) is 1. The largest absolute Gasteiger partial charge is 0.504 e. The molecule has 0 aromatic heterocycles. The van der Waals surface area contributed by atoms with Crippen LogP contribution in [0, 0.1) is 0 Å². The van der Waals surface area contributed by atoms with Crippen LogP contribution in [0.3, 0.4) is 0 Å². The summed E-state index contributed by atoms with van der Waals surface area (Å²) in [6.07, 6.45) is 2.82. The highest BCUT2D eigenvalue weighted by atomic mass is 79.9. The fourth-order valence-electron chi connectivity index (χ4n) is 3.18. The summed E-state index contributed by atoms with van der Waals surface area (Å²) in [6.45, 7) is 1.72. The van der Waals surface area contributed by atoms with Gasteiger partial charge in [-0.15, -0.1) is 28.7 Å². The number of phenolic OH excluding ortho intramolecular Hbond substituents is 2. The van der Waals surface area contributed by atoms with Crippen LogP contribution in [-0.2, 0) is 6.42 Å². The van der Waals surface area contributed by atoms with Gasteiger partial charge in [-0.3, -0.25) is 0 Å². The van der Waals surface area contributed by atoms with E-state index in [-0.39, 0.29) is 39.4 Å². The standard InChI is InChI=1S/C18H20ClNO2S.BrH/c1-20-8-7-13-14(9-16(21)18(22)17(13)19)15(10-20)11-3-5-12(23-2)6-4-11;/h3-6,9,15,21-22H,7-8,10H2,1-2H3;1H. The summed E-state index contributed by atoms with van der Waals surface area (Å²) in [6, 6.07) is 10.2. The molecule has 6 heteroatoms. The lowest BCUT2D eigenvalue weighted by atomic mass is 9.87. The summed E-state index contributed by atoms with van der Waals surface area (Å²) in [4.78, 5) is 3.49. The number of halogens is 2. The molecule has 3 nitrogen and oxygen atoms in total. The van der Waals surface area contributed by atoms with Gasteiger partial charge in [0.05, 0.1) is 5.02 Å². The molecule has 0 amide bonds. The number of likely N-dealkylation sites (N-methyl/N-ethyl adjacent to an activating group) is 1. The minimum atomic E-state index is -0.216. The third-order valence-electron chi connectivity index (χ3n) is 4.49. The third kappa shape index (κ3) is 3.69. The Labute approximate surface area is 162 Å². The monoisotopic (exact) mass is 429 g/mol. The van der Waals surface area contributed by atoms with Crippen molar-refractivity contribution in [2.45, 2.75) is 17.2 Å². The molecule has 0 fully saturated rings. The van der Waals surface area contributed by atoms with Crippen LogP contribution in [-0.4, -0.2) is 41.5 Å². The molecule has 2 N–H and O–H groups in total. The second-order valence-electron chi connectivity index (χ2n) is 5.96. The SMILES string of the molecule is Br.CSc1ccc(C2CN(C)CCc3c2cc(O)c(O)c3Cl)cc1. The first-order valence-electron chi connectivity index (χ1n) is 7.57. The lowest BCUT2D eigenvalue weighted by molar-refractivity contribution is 0.338. The van der Waals surface area contributed by atoms with Crippen molar-refractivity contribution in [3.05, 3.63) is 52.0 Å². The molecule has 0 radical (unpaired) electrons. The molecule has 1 aliphatic heterocycles. The van der Waals surface area contributed by atoms with Gasteiger partial charge in [0.25, 0.3) is 0 Å². The molecule has 0 saturated carbocycles. The summed E-state index contributed by atoms with van der Waals surface area (Å²) in [5.41, 5.74) is 3.13. The van der Waals surface area contributed by atoms with E-state index in [2.05, 4.69) is 42.5 Å². The average molecular weight is 431 g/mol. The molecule has 1 aliphatic rings. The van der Waals surface area contributed by atoms with Crippen molar-refractivity contribution in [3.63, 3.8) is 0 Å². The zero-order valence-electron chi connectivity index (χ0n) is 13.6. The number of benzene rings is 2. The number of phenols is 2. The molecule has 1 heterocycles. The Hall–Kier alpha value is -0.880. The maximum atomic E-state index is 10.0. The van der Waals surface area contributed by atoms with Crippen molar-refractivity contribution in [2.75, 3.05) is 26.4 Å². The molecule has 1 unspecified atom stereocenters. The quantitative estimate of drug-likeness (QED) is 0.537. The Kier molecular flexibility index (Phi) is 6.48. The van der Waals surface area contributed by atoms with Gasteiger partial charge in [-0.2, -0.15) is 0 Å². The van der Waals surface area contributed by atoms with Crippen LogP contribution in [0.15, 0.2) is 35.2 Å². The highest BCUT2D eigenvalue weighted by molar-refractivity contribution is 8.93. The fraction of sp³-hybridized carbons (Fsp3) is 0.333. The number of rotatable bonds is 2. The molecule has 0 bridgehead atoms. The van der Waals surface area contributed by atoms with E-state index < -0.39 is 0 Å². The summed E-state index contributed by atoms with van der Waals surface area (Å²) < 4.78 is 0. The normalized spacial score (nSPS) is 17.7. The first kappa shape index (κ1) is 19.4. The second kappa shape index (κ2) is 8.00. The molecular weight excluding hydrogens is 410 g/mol. The number of hydrogen-bond donors (Lipinski definition) is 2. The molecule has 2 aromatic rings. The van der Waals surface area contributed by atoms with Crippen molar-refractivity contribution in [2.24, 2.45) is 0 Å². The van der Waals surface area contributed by atoms with Gasteiger partial charge >= 0.3 is 0 Å². The van der Waals surface area contributed by atoms with E-state index in [0.717, 1.165) is 30.6 Å². The lowest BCUT2D eigenvalue weighted by Crippen LogP contribution is -2.24. The highest BCUT2D eigenvalue weighted by Crippen LogP contribution is 2.43. The first-order chi connectivity index (χ1) is 11.0. The molecule has 0 spiro atoms. The predicted molar refractivity (Wildman–Crippen MR) is 106 cm³/mol. The Morgan fingerprint density at radius 2 is 1.88 bits per heavy atom. The van der Waals surface area contributed by atoms with Crippen molar-refractivity contribution >= 4 is 40.3 Å². The maximum Gasteiger partial charge on any atom is 0.176 e. The highest BCUT2D eigenvalue weighted by Gasteiger charge is 2.27. The smallest absolute Gasteiger partial charge is 0.176 e. The minimum Gasteiger partial charge on any atom is -0.504 e. The summed E-state index contributed by atoms with van der Waals surface area (Å²) in [7, 11) is 2.09. The van der Waals surface area contributed by atoms with E-state index in [1.165, 1.54) is 10.5 Å². The van der Waals surface area contributed by atoms with Gasteiger partial charge in [0.15, 0.2) is 11.5 Å². The molecule has 2 aromatic carbocycles. The molecule has 0 aliphatic carbocycles. The van der Waals surface area contributed by atoms with E-state index in [1.54, 1.807) is 17.8 Å². The van der Waals surface area contributed by atoms with Gasteiger partial charge in [0, 0.05) is 23.9 Å². The number of fused-ring (bicyclic) bond motifs is 1. The van der Waals surface area contributed by atoms with Crippen molar-refractivity contribution in [3.8, 4) is 11.5 Å². The lowest BCUT2D eigenvalue weighted by Gasteiger charge is -2.23. The van der Waals surface area contributed by atoms with Crippen LogP contribution < -0.4 is 0 Å². The average Bonchev–Trinajstić information content (AvgIpc) is 2.72. The van der Waals surface area contributed by atoms with E-state index >= 15 is 0 Å². The Bertz CT molecular complexity index is 724. The zero-order chi connectivity index (χ0) is 16.6. The van der Waals surface area contributed by atoms with E-state index in [1.807, 2.05) is 0 Å². The summed E-state index contributed by atoms with van der Waals surface area (Å²) in [5, 5.41) is 20.2. The van der Waals surface area contributed by atoms with Crippen LogP contribution in [0.1, 0.15) is 22.6 Å². The topological polar surface area (TPSA) is 43.7 Å². The predicted octanol–water partition coefficient (Wildman–Crippen LogP) is 4.67. The Balaban J connectivity index is 0.00000208. The zero-order valence-corrected chi connectivity index (χ0v) is 16.9. The van der Waals surface area contributed by atoms with E-state index in [9.17, 15) is 10.2 Å². The maximum absolute atomic E-state index is 10.0. The Morgan fingerprint density at radius 3 is 2.50 bits per heavy atom. The molecular formula is C18H21BrClNO2S. The molecule has 3 rings (SSSR count). The van der Waals surface area contributed by atoms with Crippen molar-refractivity contribution < 1.29 is 10.2 Å². The van der Waals surface area contributed by atoms with Crippen LogP contribution in [0.5, 0.6) is 11.5 Å².